The predicted molar refractivity (Wildman–Crippen MR) is 85.2 cm³/mol. The molecule has 2 aromatic rings. The fourth-order valence-electron chi connectivity index (χ4n) is 2.37. The Morgan fingerprint density at radius 1 is 1.30 bits per heavy atom. The largest absolute Gasteiger partial charge is 0.494 e. The maximum atomic E-state index is 6.01. The van der Waals surface area contributed by atoms with Gasteiger partial charge in [-0.05, 0) is 42.4 Å². The highest BCUT2D eigenvalue weighted by molar-refractivity contribution is 7.07. The van der Waals surface area contributed by atoms with E-state index in [0.717, 1.165) is 17.9 Å². The minimum Gasteiger partial charge on any atom is -0.494 e. The molecular weight excluding hydrogens is 268 g/mol. The molecule has 0 saturated heterocycles. The fourth-order valence-corrected chi connectivity index (χ4v) is 3.03. The fraction of sp³-hybridized carbons (Fsp3) is 0.375. The Labute approximate surface area is 125 Å². The monoisotopic (exact) mass is 290 g/mol. The van der Waals surface area contributed by atoms with E-state index in [-0.39, 0.29) is 6.04 Å². The van der Waals surface area contributed by atoms with Gasteiger partial charge in [-0.3, -0.25) is 4.90 Å². The SMILES string of the molecule is CCOc1ccccc1C(CN)N(C)Cc1ccsc1. The van der Waals surface area contributed by atoms with Gasteiger partial charge < -0.3 is 10.5 Å². The number of ether oxygens (including phenoxy) is 1. The van der Waals surface area contributed by atoms with E-state index >= 15 is 0 Å². The highest BCUT2D eigenvalue weighted by Crippen LogP contribution is 2.29. The van der Waals surface area contributed by atoms with E-state index in [4.69, 9.17) is 10.5 Å². The van der Waals surface area contributed by atoms with Crippen LogP contribution in [0.2, 0.25) is 0 Å². The third-order valence-corrected chi connectivity index (χ3v) is 4.08. The lowest BCUT2D eigenvalue weighted by molar-refractivity contribution is 0.233. The normalized spacial score (nSPS) is 12.6. The quantitative estimate of drug-likeness (QED) is 0.850. The Morgan fingerprint density at radius 3 is 2.75 bits per heavy atom. The van der Waals surface area contributed by atoms with Crippen LogP contribution in [0.1, 0.15) is 24.1 Å². The van der Waals surface area contributed by atoms with Crippen LogP contribution in [0.5, 0.6) is 5.75 Å². The average molecular weight is 290 g/mol. The van der Waals surface area contributed by atoms with Crippen LogP contribution in [0, 0.1) is 0 Å². The lowest BCUT2D eigenvalue weighted by atomic mass is 10.0. The first kappa shape index (κ1) is 15.0. The van der Waals surface area contributed by atoms with Crippen molar-refractivity contribution < 1.29 is 4.74 Å². The maximum absolute atomic E-state index is 6.01. The molecule has 20 heavy (non-hydrogen) atoms. The summed E-state index contributed by atoms with van der Waals surface area (Å²) in [5.74, 6) is 0.933. The summed E-state index contributed by atoms with van der Waals surface area (Å²) < 4.78 is 5.73. The van der Waals surface area contributed by atoms with Crippen molar-refractivity contribution in [1.82, 2.24) is 4.90 Å². The zero-order chi connectivity index (χ0) is 14.4. The summed E-state index contributed by atoms with van der Waals surface area (Å²) in [6.07, 6.45) is 0. The molecule has 0 fully saturated rings. The summed E-state index contributed by atoms with van der Waals surface area (Å²) in [5, 5.41) is 4.29. The van der Waals surface area contributed by atoms with E-state index < -0.39 is 0 Å². The minimum atomic E-state index is 0.164. The van der Waals surface area contributed by atoms with E-state index in [1.807, 2.05) is 25.1 Å². The predicted octanol–water partition coefficient (Wildman–Crippen LogP) is 3.28. The number of thiophene rings is 1. The van der Waals surface area contributed by atoms with Gasteiger partial charge in [-0.25, -0.2) is 0 Å². The first-order chi connectivity index (χ1) is 9.76. The molecule has 1 aromatic carbocycles. The van der Waals surface area contributed by atoms with Crippen LogP contribution in [0.4, 0.5) is 0 Å². The van der Waals surface area contributed by atoms with Crippen LogP contribution in [0.15, 0.2) is 41.1 Å². The van der Waals surface area contributed by atoms with Crippen LogP contribution in [0.25, 0.3) is 0 Å². The molecular formula is C16H22N2OS. The van der Waals surface area contributed by atoms with Gasteiger partial charge in [-0.1, -0.05) is 18.2 Å². The number of hydrogen-bond donors (Lipinski definition) is 1. The highest BCUT2D eigenvalue weighted by Gasteiger charge is 2.19. The maximum Gasteiger partial charge on any atom is 0.124 e. The van der Waals surface area contributed by atoms with Crippen molar-refractivity contribution in [3.8, 4) is 5.75 Å². The summed E-state index contributed by atoms with van der Waals surface area (Å²) in [7, 11) is 2.11. The summed E-state index contributed by atoms with van der Waals surface area (Å²) in [4.78, 5) is 2.28. The van der Waals surface area contributed by atoms with E-state index in [0.29, 0.717) is 13.2 Å². The van der Waals surface area contributed by atoms with Gasteiger partial charge in [0.05, 0.1) is 12.6 Å². The van der Waals surface area contributed by atoms with Gasteiger partial charge in [0.1, 0.15) is 5.75 Å². The van der Waals surface area contributed by atoms with Crippen molar-refractivity contribution in [2.24, 2.45) is 5.73 Å². The Morgan fingerprint density at radius 2 is 2.10 bits per heavy atom. The zero-order valence-corrected chi connectivity index (χ0v) is 12.9. The van der Waals surface area contributed by atoms with Crippen LogP contribution >= 0.6 is 11.3 Å². The van der Waals surface area contributed by atoms with Gasteiger partial charge in [-0.15, -0.1) is 0 Å². The molecule has 2 rings (SSSR count). The number of para-hydroxylation sites is 1. The molecule has 1 atom stereocenters. The van der Waals surface area contributed by atoms with Gasteiger partial charge in [-0.2, -0.15) is 11.3 Å². The van der Waals surface area contributed by atoms with Gasteiger partial charge in [0.25, 0.3) is 0 Å². The first-order valence-electron chi connectivity index (χ1n) is 6.89. The first-order valence-corrected chi connectivity index (χ1v) is 7.83. The van der Waals surface area contributed by atoms with Crippen molar-refractivity contribution in [2.45, 2.75) is 19.5 Å². The summed E-state index contributed by atoms with van der Waals surface area (Å²) in [6.45, 7) is 4.14. The van der Waals surface area contributed by atoms with E-state index in [9.17, 15) is 0 Å². The van der Waals surface area contributed by atoms with Crippen LogP contribution in [0.3, 0.4) is 0 Å². The lowest BCUT2D eigenvalue weighted by Crippen LogP contribution is -2.30. The van der Waals surface area contributed by atoms with Crippen molar-refractivity contribution in [3.05, 3.63) is 52.2 Å². The minimum absolute atomic E-state index is 0.164. The molecule has 1 heterocycles. The second-order valence-electron chi connectivity index (χ2n) is 4.77. The number of hydrogen-bond acceptors (Lipinski definition) is 4. The molecule has 0 aliphatic carbocycles. The van der Waals surface area contributed by atoms with Gasteiger partial charge in [0.2, 0.25) is 0 Å². The molecule has 1 unspecified atom stereocenters. The number of likely N-dealkylation sites (N-methyl/N-ethyl adjacent to an activating group) is 1. The van der Waals surface area contributed by atoms with Crippen molar-refractivity contribution in [3.63, 3.8) is 0 Å². The molecule has 0 spiro atoms. The Kier molecular flexibility index (Phi) is 5.59. The molecule has 0 aliphatic rings. The topological polar surface area (TPSA) is 38.5 Å². The molecule has 3 nitrogen and oxygen atoms in total. The average Bonchev–Trinajstić information content (AvgIpc) is 2.94. The van der Waals surface area contributed by atoms with Crippen molar-refractivity contribution >= 4 is 11.3 Å². The highest BCUT2D eigenvalue weighted by atomic mass is 32.1. The summed E-state index contributed by atoms with van der Waals surface area (Å²) in [6, 6.07) is 10.5. The molecule has 2 N–H and O–H groups in total. The molecule has 0 amide bonds. The summed E-state index contributed by atoms with van der Waals surface area (Å²) in [5.41, 5.74) is 8.49. The molecule has 108 valence electrons. The standard InChI is InChI=1S/C16H22N2OS/c1-3-19-16-7-5-4-6-14(16)15(10-17)18(2)11-13-8-9-20-12-13/h4-9,12,15H,3,10-11,17H2,1-2H3. The Bertz CT molecular complexity index is 513. The third kappa shape index (κ3) is 3.60. The lowest BCUT2D eigenvalue weighted by Gasteiger charge is -2.28. The third-order valence-electron chi connectivity index (χ3n) is 3.35. The summed E-state index contributed by atoms with van der Waals surface area (Å²) >= 11 is 1.73. The Hall–Kier alpha value is -1.36. The molecule has 4 heteroatoms. The number of benzene rings is 1. The second kappa shape index (κ2) is 7.43. The number of nitrogens with zero attached hydrogens (tertiary/aromatic N) is 1. The molecule has 0 radical (unpaired) electrons. The molecule has 1 aromatic heterocycles. The number of rotatable bonds is 7. The van der Waals surface area contributed by atoms with Crippen LogP contribution < -0.4 is 10.5 Å². The van der Waals surface area contributed by atoms with Crippen molar-refractivity contribution in [2.75, 3.05) is 20.2 Å². The van der Waals surface area contributed by atoms with Gasteiger partial charge >= 0.3 is 0 Å². The Balaban J connectivity index is 2.18. The van der Waals surface area contributed by atoms with Gasteiger partial charge in [0, 0.05) is 18.7 Å². The van der Waals surface area contributed by atoms with Gasteiger partial charge in [0.15, 0.2) is 0 Å². The van der Waals surface area contributed by atoms with Crippen LogP contribution in [-0.4, -0.2) is 25.1 Å². The second-order valence-corrected chi connectivity index (χ2v) is 5.55. The van der Waals surface area contributed by atoms with Crippen LogP contribution in [-0.2, 0) is 6.54 Å². The zero-order valence-electron chi connectivity index (χ0n) is 12.1. The number of nitrogens with two attached hydrogens (primary N) is 1. The smallest absolute Gasteiger partial charge is 0.124 e. The molecule has 0 bridgehead atoms. The van der Waals surface area contributed by atoms with E-state index in [1.165, 1.54) is 5.56 Å². The molecule has 0 aliphatic heterocycles. The van der Waals surface area contributed by atoms with Crippen molar-refractivity contribution in [1.29, 1.82) is 0 Å². The molecule has 0 saturated carbocycles. The van der Waals surface area contributed by atoms with E-state index in [1.54, 1.807) is 11.3 Å². The van der Waals surface area contributed by atoms with E-state index in [2.05, 4.69) is 34.8 Å².